The van der Waals surface area contributed by atoms with Crippen LogP contribution in [0.1, 0.15) is 49.9 Å². The highest BCUT2D eigenvalue weighted by Crippen LogP contribution is 2.29. The second-order valence-electron chi connectivity index (χ2n) is 8.43. The van der Waals surface area contributed by atoms with Crippen molar-refractivity contribution in [3.05, 3.63) is 17.5 Å². The van der Waals surface area contributed by atoms with E-state index < -0.39 is 9.84 Å². The molecule has 0 aromatic carbocycles. The van der Waals surface area contributed by atoms with E-state index in [4.69, 9.17) is 5.84 Å². The summed E-state index contributed by atoms with van der Waals surface area (Å²) >= 11 is 1.22. The maximum absolute atomic E-state index is 13.3. The normalized spacial score (nSPS) is 21.4. The van der Waals surface area contributed by atoms with Crippen molar-refractivity contribution in [2.45, 2.75) is 69.6 Å². The highest BCUT2D eigenvalue weighted by Gasteiger charge is 2.38. The van der Waals surface area contributed by atoms with E-state index in [-0.39, 0.29) is 35.2 Å². The average molecular weight is 468 g/mol. The van der Waals surface area contributed by atoms with Crippen LogP contribution in [0.3, 0.4) is 0 Å². The highest BCUT2D eigenvalue weighted by atomic mass is 32.2. The maximum atomic E-state index is 13.3. The van der Waals surface area contributed by atoms with E-state index >= 15 is 0 Å². The van der Waals surface area contributed by atoms with E-state index in [1.165, 1.54) is 22.9 Å². The van der Waals surface area contributed by atoms with Gasteiger partial charge in [0.25, 0.3) is 5.95 Å². The zero-order chi connectivity index (χ0) is 22.2. The molecule has 1 aliphatic carbocycles. The van der Waals surface area contributed by atoms with Crippen LogP contribution in [-0.2, 0) is 14.6 Å². The molecule has 2 aromatic rings. The fourth-order valence-corrected chi connectivity index (χ4v) is 7.04. The van der Waals surface area contributed by atoms with Crippen LogP contribution in [0, 0.1) is 13.8 Å². The van der Waals surface area contributed by atoms with Gasteiger partial charge in [-0.05, 0) is 39.2 Å². The lowest BCUT2D eigenvalue weighted by atomic mass is 9.93. The quantitative estimate of drug-likeness (QED) is 0.496. The zero-order valence-electron chi connectivity index (χ0n) is 17.9. The van der Waals surface area contributed by atoms with Crippen molar-refractivity contribution < 1.29 is 13.2 Å². The molecule has 170 valence electrons. The number of nitrogen functional groups attached to an aromatic ring is 1. The molecule has 1 amide bonds. The van der Waals surface area contributed by atoms with E-state index in [2.05, 4.69) is 15.3 Å². The highest BCUT2D eigenvalue weighted by molar-refractivity contribution is 7.99. The Balaban J connectivity index is 1.48. The van der Waals surface area contributed by atoms with Crippen LogP contribution in [0.2, 0.25) is 0 Å². The Bertz CT molecular complexity index is 1060. The molecule has 10 nitrogen and oxygen atoms in total. The van der Waals surface area contributed by atoms with Crippen LogP contribution in [-0.4, -0.2) is 73.2 Å². The first-order valence-corrected chi connectivity index (χ1v) is 13.4. The van der Waals surface area contributed by atoms with E-state index in [9.17, 15) is 13.2 Å². The standard InChI is InChI=1S/C19H29N7O3S2/c1-13-10-14(2)26(23-13)18-21-22-19(25(18)20)30-11-17(27)24(15-6-4-3-5-7-15)16-8-9-31(28,29)12-16/h10,15-16H,3-9,11-12,20H2,1-2H3. The molecular weight excluding hydrogens is 438 g/mol. The first-order chi connectivity index (χ1) is 14.7. The van der Waals surface area contributed by atoms with E-state index in [0.29, 0.717) is 17.5 Å². The lowest BCUT2D eigenvalue weighted by Crippen LogP contribution is -2.49. The Morgan fingerprint density at radius 2 is 1.94 bits per heavy atom. The lowest BCUT2D eigenvalue weighted by Gasteiger charge is -2.38. The van der Waals surface area contributed by atoms with Crippen LogP contribution in [0.15, 0.2) is 11.2 Å². The molecule has 4 rings (SSSR count). The van der Waals surface area contributed by atoms with Gasteiger partial charge in [-0.2, -0.15) is 5.10 Å². The SMILES string of the molecule is Cc1cc(C)n(-c2nnc(SCC(=O)N(C3CCCCC3)C3CCS(=O)(=O)C3)n2N)n1. The Hall–Kier alpha value is -2.08. The van der Waals surface area contributed by atoms with Crippen molar-refractivity contribution >= 4 is 27.5 Å². The van der Waals surface area contributed by atoms with E-state index in [1.807, 2.05) is 24.8 Å². The fourth-order valence-electron chi connectivity index (χ4n) is 4.60. The van der Waals surface area contributed by atoms with Crippen molar-refractivity contribution in [3.63, 3.8) is 0 Å². The Morgan fingerprint density at radius 1 is 1.19 bits per heavy atom. The monoisotopic (exact) mass is 467 g/mol. The molecule has 1 aliphatic heterocycles. The van der Waals surface area contributed by atoms with Crippen LogP contribution in [0.4, 0.5) is 0 Å². The molecule has 1 unspecified atom stereocenters. The Morgan fingerprint density at radius 3 is 2.55 bits per heavy atom. The topological polar surface area (TPSA) is 129 Å². The molecule has 2 N–H and O–H groups in total. The number of hydrogen-bond acceptors (Lipinski definition) is 8. The van der Waals surface area contributed by atoms with Gasteiger partial charge >= 0.3 is 0 Å². The van der Waals surface area contributed by atoms with Gasteiger partial charge in [-0.15, -0.1) is 10.2 Å². The number of aromatic nitrogens is 5. The summed E-state index contributed by atoms with van der Waals surface area (Å²) in [6.45, 7) is 3.79. The molecule has 2 fully saturated rings. The summed E-state index contributed by atoms with van der Waals surface area (Å²) in [5.41, 5.74) is 1.73. The summed E-state index contributed by atoms with van der Waals surface area (Å²) in [7, 11) is -3.07. The minimum atomic E-state index is -3.07. The maximum Gasteiger partial charge on any atom is 0.271 e. The molecular formula is C19H29N7O3S2. The van der Waals surface area contributed by atoms with Crippen molar-refractivity contribution in [3.8, 4) is 5.95 Å². The number of nitrogens with two attached hydrogens (primary N) is 1. The molecule has 0 bridgehead atoms. The van der Waals surface area contributed by atoms with Crippen molar-refractivity contribution in [2.24, 2.45) is 0 Å². The van der Waals surface area contributed by atoms with Gasteiger partial charge in [-0.25, -0.2) is 17.8 Å². The molecule has 1 atom stereocenters. The van der Waals surface area contributed by atoms with Gasteiger partial charge in [0, 0.05) is 17.8 Å². The summed E-state index contributed by atoms with van der Waals surface area (Å²) in [4.78, 5) is 15.1. The predicted molar refractivity (Wildman–Crippen MR) is 118 cm³/mol. The van der Waals surface area contributed by atoms with E-state index in [0.717, 1.165) is 37.1 Å². The molecule has 2 aliphatic rings. The van der Waals surface area contributed by atoms with Crippen LogP contribution in [0.25, 0.3) is 5.95 Å². The molecule has 0 radical (unpaired) electrons. The van der Waals surface area contributed by atoms with Gasteiger partial charge in [-0.3, -0.25) is 4.79 Å². The average Bonchev–Trinajstić information content (AvgIpc) is 3.37. The second-order valence-corrected chi connectivity index (χ2v) is 11.6. The molecule has 0 spiro atoms. The van der Waals surface area contributed by atoms with Crippen LogP contribution < -0.4 is 5.84 Å². The summed E-state index contributed by atoms with van der Waals surface area (Å²) < 4.78 is 27.1. The van der Waals surface area contributed by atoms with Crippen LogP contribution >= 0.6 is 11.8 Å². The zero-order valence-corrected chi connectivity index (χ0v) is 19.5. The molecule has 3 heterocycles. The minimum Gasteiger partial charge on any atom is -0.335 e. The van der Waals surface area contributed by atoms with Crippen molar-refractivity contribution in [1.82, 2.24) is 29.6 Å². The van der Waals surface area contributed by atoms with E-state index in [1.54, 1.807) is 4.68 Å². The lowest BCUT2D eigenvalue weighted by molar-refractivity contribution is -0.133. The molecule has 2 aromatic heterocycles. The third-order valence-corrected chi connectivity index (χ3v) is 8.71. The van der Waals surface area contributed by atoms with Gasteiger partial charge in [-0.1, -0.05) is 31.0 Å². The smallest absolute Gasteiger partial charge is 0.271 e. The largest absolute Gasteiger partial charge is 0.335 e. The number of nitrogens with zero attached hydrogens (tertiary/aromatic N) is 6. The molecule has 1 saturated carbocycles. The van der Waals surface area contributed by atoms with Crippen molar-refractivity contribution in [1.29, 1.82) is 0 Å². The third kappa shape index (κ3) is 4.74. The molecule has 1 saturated heterocycles. The summed E-state index contributed by atoms with van der Waals surface area (Å²) in [6.07, 6.45) is 5.70. The first kappa shape index (κ1) is 22.1. The number of hydrogen-bond donors (Lipinski definition) is 1. The van der Waals surface area contributed by atoms with Crippen molar-refractivity contribution in [2.75, 3.05) is 23.1 Å². The fraction of sp³-hybridized carbons (Fsp3) is 0.684. The number of aryl methyl sites for hydroxylation is 2. The number of amides is 1. The minimum absolute atomic E-state index is 0.0605. The summed E-state index contributed by atoms with van der Waals surface area (Å²) in [5.74, 6) is 6.86. The van der Waals surface area contributed by atoms with Crippen LogP contribution in [0.5, 0.6) is 0 Å². The van der Waals surface area contributed by atoms with Gasteiger partial charge < -0.3 is 10.7 Å². The number of carbonyl (C=O) groups is 1. The van der Waals surface area contributed by atoms with Gasteiger partial charge in [0.1, 0.15) is 0 Å². The van der Waals surface area contributed by atoms with Gasteiger partial charge in [0.2, 0.25) is 11.1 Å². The summed E-state index contributed by atoms with van der Waals surface area (Å²) in [6, 6.07) is 1.80. The number of carbonyl (C=O) groups excluding carboxylic acids is 1. The molecule has 12 heteroatoms. The third-order valence-electron chi connectivity index (χ3n) is 6.03. The number of rotatable bonds is 6. The number of thioether (sulfide) groups is 1. The summed E-state index contributed by atoms with van der Waals surface area (Å²) in [5, 5.41) is 13.1. The van der Waals surface area contributed by atoms with Gasteiger partial charge in [0.05, 0.1) is 23.0 Å². The van der Waals surface area contributed by atoms with Gasteiger partial charge in [0.15, 0.2) is 9.84 Å². The predicted octanol–water partition coefficient (Wildman–Crippen LogP) is 1.23. The molecule has 31 heavy (non-hydrogen) atoms. The Labute approximate surface area is 186 Å². The number of sulfone groups is 1. The second kappa shape index (κ2) is 8.81. The Kier molecular flexibility index (Phi) is 6.29. The first-order valence-electron chi connectivity index (χ1n) is 10.6.